The molecule has 2 heterocycles. The van der Waals surface area contributed by atoms with E-state index in [1.807, 2.05) is 18.3 Å². The van der Waals surface area contributed by atoms with Gasteiger partial charge in [0, 0.05) is 12.1 Å². The van der Waals surface area contributed by atoms with Crippen LogP contribution in [0.2, 0.25) is 5.02 Å². The fourth-order valence-corrected chi connectivity index (χ4v) is 1.93. The van der Waals surface area contributed by atoms with E-state index >= 15 is 0 Å². The van der Waals surface area contributed by atoms with E-state index in [1.165, 1.54) is 19.3 Å². The molecule has 0 spiro atoms. The van der Waals surface area contributed by atoms with Gasteiger partial charge in [0.2, 0.25) is 0 Å². The quantitative estimate of drug-likeness (QED) is 0.720. The van der Waals surface area contributed by atoms with Gasteiger partial charge in [-0.2, -0.15) is 5.10 Å². The van der Waals surface area contributed by atoms with E-state index in [-0.39, 0.29) is 0 Å². The van der Waals surface area contributed by atoms with E-state index in [1.54, 1.807) is 4.52 Å². The highest BCUT2D eigenvalue weighted by molar-refractivity contribution is 6.33. The molecule has 0 atom stereocenters. The molecule has 1 saturated carbocycles. The van der Waals surface area contributed by atoms with Crippen LogP contribution in [0.3, 0.4) is 0 Å². The lowest BCUT2D eigenvalue weighted by atomic mass is 9.85. The zero-order valence-electron chi connectivity index (χ0n) is 7.65. The molecule has 14 heavy (non-hydrogen) atoms. The van der Waals surface area contributed by atoms with Gasteiger partial charge in [-0.25, -0.2) is 9.50 Å². The number of aromatic nitrogens is 3. The Labute approximate surface area is 86.7 Å². The Balaban J connectivity index is 2.15. The number of nitrogens with zero attached hydrogens (tertiary/aromatic N) is 3. The Hall–Kier alpha value is -1.09. The van der Waals surface area contributed by atoms with Gasteiger partial charge in [-0.05, 0) is 25.0 Å². The summed E-state index contributed by atoms with van der Waals surface area (Å²) in [5.74, 6) is 1.51. The van der Waals surface area contributed by atoms with Crippen LogP contribution < -0.4 is 0 Å². The van der Waals surface area contributed by atoms with Crippen molar-refractivity contribution in [1.29, 1.82) is 0 Å². The van der Waals surface area contributed by atoms with Crippen molar-refractivity contribution in [3.8, 4) is 0 Å². The summed E-state index contributed by atoms with van der Waals surface area (Å²) in [5.41, 5.74) is 0.774. The summed E-state index contributed by atoms with van der Waals surface area (Å²) in [7, 11) is 0. The minimum atomic E-state index is 0.561. The molecule has 2 aromatic rings. The summed E-state index contributed by atoms with van der Waals surface area (Å²) in [4.78, 5) is 4.45. The normalized spacial score (nSPS) is 17.2. The maximum atomic E-state index is 6.01. The molecule has 0 aromatic carbocycles. The lowest BCUT2D eigenvalue weighted by Crippen LogP contribution is -2.10. The molecule has 1 aliphatic rings. The van der Waals surface area contributed by atoms with Crippen molar-refractivity contribution in [1.82, 2.24) is 14.6 Å². The first-order valence-corrected chi connectivity index (χ1v) is 5.23. The number of halogens is 1. The Kier molecular flexibility index (Phi) is 1.74. The average Bonchev–Trinajstić information content (AvgIpc) is 2.46. The van der Waals surface area contributed by atoms with Crippen molar-refractivity contribution in [2.75, 3.05) is 0 Å². The van der Waals surface area contributed by atoms with Gasteiger partial charge < -0.3 is 0 Å². The van der Waals surface area contributed by atoms with Crippen LogP contribution in [-0.4, -0.2) is 14.6 Å². The van der Waals surface area contributed by atoms with E-state index in [2.05, 4.69) is 10.1 Å². The Morgan fingerprint density at radius 1 is 1.43 bits per heavy atom. The topological polar surface area (TPSA) is 30.2 Å². The summed E-state index contributed by atoms with van der Waals surface area (Å²) in [5, 5.41) is 5.09. The molecule has 0 amide bonds. The van der Waals surface area contributed by atoms with Crippen molar-refractivity contribution >= 4 is 17.2 Å². The molecule has 0 aliphatic heterocycles. The minimum Gasteiger partial charge on any atom is -0.219 e. The van der Waals surface area contributed by atoms with Gasteiger partial charge in [0.15, 0.2) is 11.5 Å². The highest BCUT2D eigenvalue weighted by atomic mass is 35.5. The van der Waals surface area contributed by atoms with Crippen molar-refractivity contribution in [3.63, 3.8) is 0 Å². The van der Waals surface area contributed by atoms with E-state index in [0.717, 1.165) is 11.5 Å². The van der Waals surface area contributed by atoms with Gasteiger partial charge in [0.05, 0.1) is 5.02 Å². The van der Waals surface area contributed by atoms with Crippen LogP contribution in [-0.2, 0) is 0 Å². The lowest BCUT2D eigenvalue weighted by Gasteiger charge is -2.21. The summed E-state index contributed by atoms with van der Waals surface area (Å²) in [6, 6.07) is 3.73. The van der Waals surface area contributed by atoms with Gasteiger partial charge >= 0.3 is 0 Å². The van der Waals surface area contributed by atoms with Gasteiger partial charge in [-0.1, -0.05) is 18.0 Å². The molecule has 3 rings (SSSR count). The van der Waals surface area contributed by atoms with Gasteiger partial charge in [0.1, 0.15) is 0 Å². The molecule has 0 unspecified atom stereocenters. The van der Waals surface area contributed by atoms with Crippen LogP contribution >= 0.6 is 11.6 Å². The monoisotopic (exact) mass is 207 g/mol. The maximum absolute atomic E-state index is 6.01. The van der Waals surface area contributed by atoms with E-state index < -0.39 is 0 Å². The van der Waals surface area contributed by atoms with Crippen LogP contribution in [0, 0.1) is 0 Å². The predicted octanol–water partition coefficient (Wildman–Crippen LogP) is 2.65. The number of hydrogen-bond donors (Lipinski definition) is 0. The Morgan fingerprint density at radius 2 is 2.29 bits per heavy atom. The molecule has 0 radical (unpaired) electrons. The second-order valence-corrected chi connectivity index (χ2v) is 4.13. The summed E-state index contributed by atoms with van der Waals surface area (Å²) in [6.45, 7) is 0. The molecular weight excluding hydrogens is 198 g/mol. The maximum Gasteiger partial charge on any atom is 0.174 e. The first-order valence-electron chi connectivity index (χ1n) is 4.85. The smallest absolute Gasteiger partial charge is 0.174 e. The molecule has 3 nitrogen and oxygen atoms in total. The second kappa shape index (κ2) is 2.95. The summed E-state index contributed by atoms with van der Waals surface area (Å²) >= 11 is 6.01. The molecule has 1 aliphatic carbocycles. The fourth-order valence-electron chi connectivity index (χ4n) is 1.73. The largest absolute Gasteiger partial charge is 0.219 e. The fraction of sp³-hybridized carbons (Fsp3) is 0.400. The van der Waals surface area contributed by atoms with Crippen molar-refractivity contribution in [3.05, 3.63) is 29.2 Å². The van der Waals surface area contributed by atoms with Crippen LogP contribution in [0.25, 0.3) is 5.65 Å². The predicted molar refractivity (Wildman–Crippen MR) is 54.6 cm³/mol. The number of fused-ring (bicyclic) bond motifs is 1. The SMILES string of the molecule is Clc1cccn2nc(C3CCC3)nc12. The summed E-state index contributed by atoms with van der Waals surface area (Å²) < 4.78 is 1.76. The number of hydrogen-bond acceptors (Lipinski definition) is 2. The highest BCUT2D eigenvalue weighted by Gasteiger charge is 2.23. The zero-order valence-corrected chi connectivity index (χ0v) is 8.41. The molecule has 72 valence electrons. The van der Waals surface area contributed by atoms with E-state index in [0.29, 0.717) is 10.9 Å². The number of rotatable bonds is 1. The van der Waals surface area contributed by atoms with Gasteiger partial charge in [-0.15, -0.1) is 0 Å². The second-order valence-electron chi connectivity index (χ2n) is 3.72. The van der Waals surface area contributed by atoms with Crippen LogP contribution in [0.1, 0.15) is 31.0 Å². The first-order chi connectivity index (χ1) is 6.84. The van der Waals surface area contributed by atoms with Crippen LogP contribution in [0.4, 0.5) is 0 Å². The molecule has 2 aromatic heterocycles. The molecule has 0 bridgehead atoms. The van der Waals surface area contributed by atoms with Crippen LogP contribution in [0.5, 0.6) is 0 Å². The highest BCUT2D eigenvalue weighted by Crippen LogP contribution is 2.34. The van der Waals surface area contributed by atoms with Crippen LogP contribution in [0.15, 0.2) is 18.3 Å². The van der Waals surface area contributed by atoms with Crippen molar-refractivity contribution in [2.24, 2.45) is 0 Å². The van der Waals surface area contributed by atoms with Gasteiger partial charge in [-0.3, -0.25) is 0 Å². The summed E-state index contributed by atoms with van der Waals surface area (Å²) in [6.07, 6.45) is 5.62. The van der Waals surface area contributed by atoms with E-state index in [9.17, 15) is 0 Å². The van der Waals surface area contributed by atoms with Gasteiger partial charge in [0.25, 0.3) is 0 Å². The number of pyridine rings is 1. The van der Waals surface area contributed by atoms with Crippen molar-refractivity contribution < 1.29 is 0 Å². The molecule has 4 heteroatoms. The third-order valence-electron chi connectivity index (χ3n) is 2.80. The lowest BCUT2D eigenvalue weighted by molar-refractivity contribution is 0.402. The Bertz CT molecular complexity index is 473. The molecular formula is C10H10ClN3. The van der Waals surface area contributed by atoms with Crippen molar-refractivity contribution in [2.45, 2.75) is 25.2 Å². The Morgan fingerprint density at radius 3 is 2.93 bits per heavy atom. The molecule has 0 saturated heterocycles. The average molecular weight is 208 g/mol. The van der Waals surface area contributed by atoms with E-state index in [4.69, 9.17) is 11.6 Å². The minimum absolute atomic E-state index is 0.561. The third-order valence-corrected chi connectivity index (χ3v) is 3.10. The first kappa shape index (κ1) is 8.24. The molecule has 1 fully saturated rings. The molecule has 0 N–H and O–H groups in total. The zero-order chi connectivity index (χ0) is 9.54. The standard InChI is InChI=1S/C10H10ClN3/c11-8-5-2-6-14-10(8)12-9(13-14)7-3-1-4-7/h2,5-7H,1,3-4H2. The third kappa shape index (κ3) is 1.12.